The number of ether oxygens (including phenoxy) is 1. The fourth-order valence-corrected chi connectivity index (χ4v) is 9.20. The van der Waals surface area contributed by atoms with Crippen molar-refractivity contribution in [2.24, 2.45) is 5.41 Å². The van der Waals surface area contributed by atoms with Crippen molar-refractivity contribution < 1.29 is 27.4 Å². The summed E-state index contributed by atoms with van der Waals surface area (Å²) in [5, 5.41) is 11.4. The number of aliphatic hydroxyl groups excluding tert-OH is 1. The molecular weight excluding hydrogens is 481 g/mol. The van der Waals surface area contributed by atoms with E-state index in [1.54, 1.807) is 0 Å². The summed E-state index contributed by atoms with van der Waals surface area (Å²) in [4.78, 5) is 0. The van der Waals surface area contributed by atoms with Gasteiger partial charge in [0, 0.05) is 6.61 Å². The molecule has 0 aliphatic rings. The van der Waals surface area contributed by atoms with E-state index in [-0.39, 0.29) is 13.2 Å². The van der Waals surface area contributed by atoms with Crippen molar-refractivity contribution >= 4 is 18.7 Å². The Labute approximate surface area is 213 Å². The molecule has 0 heterocycles. The third-order valence-electron chi connectivity index (χ3n) is 6.72. The van der Waals surface area contributed by atoms with E-state index in [0.29, 0.717) is 0 Å². The first-order valence-corrected chi connectivity index (χ1v) is 14.0. The highest BCUT2D eigenvalue weighted by Crippen LogP contribution is 2.44. The van der Waals surface area contributed by atoms with Crippen LogP contribution in [-0.2, 0) is 15.8 Å². The van der Waals surface area contributed by atoms with Crippen LogP contribution < -0.4 is 10.4 Å². The van der Waals surface area contributed by atoms with E-state index in [2.05, 4.69) is 0 Å². The Bertz CT molecular complexity index is 1010. The molecule has 0 spiro atoms. The lowest BCUT2D eigenvalue weighted by Gasteiger charge is -2.45. The van der Waals surface area contributed by atoms with Crippen LogP contribution in [0.2, 0.25) is 5.04 Å². The average Bonchev–Trinajstić information content (AvgIpc) is 2.86. The zero-order valence-corrected chi connectivity index (χ0v) is 22.1. The van der Waals surface area contributed by atoms with Crippen molar-refractivity contribution in [3.05, 3.63) is 96.6 Å². The largest absolute Gasteiger partial charge is 0.406 e. The molecule has 0 aromatic heterocycles. The lowest BCUT2D eigenvalue weighted by atomic mass is 9.86. The summed E-state index contributed by atoms with van der Waals surface area (Å²) in [5.41, 5.74) is -1.57. The van der Waals surface area contributed by atoms with E-state index in [1.807, 2.05) is 112 Å². The fourth-order valence-electron chi connectivity index (χ4n) is 4.55. The number of halogens is 3. The fraction of sp³-hybridized carbons (Fsp3) is 0.379. The summed E-state index contributed by atoms with van der Waals surface area (Å²) in [6.07, 6.45) is -5.08. The van der Waals surface area contributed by atoms with Crippen molar-refractivity contribution in [3.8, 4) is 0 Å². The Morgan fingerprint density at radius 2 is 1.22 bits per heavy atom. The minimum Gasteiger partial charge on any atom is -0.406 e. The molecule has 0 bridgehead atoms. The van der Waals surface area contributed by atoms with Crippen molar-refractivity contribution in [1.29, 1.82) is 0 Å². The molecule has 0 aliphatic heterocycles. The topological polar surface area (TPSA) is 38.7 Å². The van der Waals surface area contributed by atoms with E-state index < -0.39 is 44.6 Å². The molecule has 1 atom stereocenters. The predicted octanol–water partition coefficient (Wildman–Crippen LogP) is 5.71. The molecule has 0 saturated heterocycles. The predicted molar refractivity (Wildman–Crippen MR) is 140 cm³/mol. The van der Waals surface area contributed by atoms with Crippen LogP contribution in [0.25, 0.3) is 0 Å². The van der Waals surface area contributed by atoms with Gasteiger partial charge in [0.15, 0.2) is 0 Å². The highest BCUT2D eigenvalue weighted by molar-refractivity contribution is 6.99. The third kappa shape index (κ3) is 6.09. The van der Waals surface area contributed by atoms with Crippen LogP contribution in [0.3, 0.4) is 0 Å². The minimum absolute atomic E-state index is 0.154. The Morgan fingerprint density at radius 3 is 1.64 bits per heavy atom. The van der Waals surface area contributed by atoms with E-state index >= 15 is 0 Å². The molecule has 0 amide bonds. The minimum atomic E-state index is -4.68. The second kappa shape index (κ2) is 11.7. The first kappa shape index (κ1) is 28.1. The van der Waals surface area contributed by atoms with Crippen molar-refractivity contribution in [2.75, 3.05) is 19.8 Å². The summed E-state index contributed by atoms with van der Waals surface area (Å²) in [5.74, 6) is 0. The normalized spacial score (nSPS) is 14.4. The Balaban J connectivity index is 1.93. The van der Waals surface area contributed by atoms with Crippen LogP contribution in [0.1, 0.15) is 32.8 Å². The molecule has 3 nitrogen and oxygen atoms in total. The van der Waals surface area contributed by atoms with Gasteiger partial charge >= 0.3 is 6.18 Å². The number of rotatable bonds is 11. The lowest BCUT2D eigenvalue weighted by molar-refractivity contribution is -0.250. The first-order valence-electron chi connectivity index (χ1n) is 12.1. The molecule has 7 heteroatoms. The van der Waals surface area contributed by atoms with Gasteiger partial charge in [0.05, 0.1) is 19.8 Å². The standard InChI is InChI=1S/C29H35F3O3Si/c1-27(2,3)36(25-15-9-5-10-16-25,26-17-11-6-12-18-26)35-23-28(22-33,29(30,31)32)19-20-34-21-24-13-7-4-8-14-24/h4-18,33H,19-23H2,1-3H3. The number of hydrogen-bond donors (Lipinski definition) is 1. The number of alkyl halides is 3. The molecule has 36 heavy (non-hydrogen) atoms. The van der Waals surface area contributed by atoms with Crippen LogP contribution in [0.4, 0.5) is 13.2 Å². The maximum absolute atomic E-state index is 14.5. The average molecular weight is 517 g/mol. The maximum Gasteiger partial charge on any atom is 0.398 e. The van der Waals surface area contributed by atoms with Crippen LogP contribution >= 0.6 is 0 Å². The van der Waals surface area contributed by atoms with Crippen molar-refractivity contribution in [2.45, 2.75) is 45.0 Å². The Hall–Kier alpha value is -2.45. The molecule has 0 saturated carbocycles. The second-order valence-electron chi connectivity index (χ2n) is 10.2. The zero-order chi connectivity index (χ0) is 26.3. The van der Waals surface area contributed by atoms with Gasteiger partial charge in [-0.2, -0.15) is 13.2 Å². The monoisotopic (exact) mass is 516 g/mol. The number of hydrogen-bond acceptors (Lipinski definition) is 3. The smallest absolute Gasteiger partial charge is 0.398 e. The summed E-state index contributed by atoms with van der Waals surface area (Å²) in [6, 6.07) is 28.3. The molecule has 0 radical (unpaired) electrons. The van der Waals surface area contributed by atoms with Gasteiger partial charge in [-0.1, -0.05) is 112 Å². The molecule has 3 rings (SSSR count). The SMILES string of the molecule is CC(C)(C)[Si](OCC(CO)(CCOCc1ccccc1)C(F)(F)F)(c1ccccc1)c1ccccc1. The van der Waals surface area contributed by atoms with E-state index in [1.165, 1.54) is 0 Å². The lowest BCUT2D eigenvalue weighted by Crippen LogP contribution is -2.68. The van der Waals surface area contributed by atoms with Crippen LogP contribution in [0, 0.1) is 5.41 Å². The van der Waals surface area contributed by atoms with Crippen LogP contribution in [-0.4, -0.2) is 39.4 Å². The Morgan fingerprint density at radius 1 is 0.750 bits per heavy atom. The van der Waals surface area contributed by atoms with E-state index in [0.717, 1.165) is 15.9 Å². The highest BCUT2D eigenvalue weighted by Gasteiger charge is 2.58. The summed E-state index contributed by atoms with van der Waals surface area (Å²) < 4.78 is 55.7. The zero-order valence-electron chi connectivity index (χ0n) is 21.1. The third-order valence-corrected chi connectivity index (χ3v) is 11.7. The van der Waals surface area contributed by atoms with E-state index in [4.69, 9.17) is 9.16 Å². The summed E-state index contributed by atoms with van der Waals surface area (Å²) in [7, 11) is -3.21. The molecule has 3 aromatic rings. The molecule has 194 valence electrons. The van der Waals surface area contributed by atoms with Crippen molar-refractivity contribution in [3.63, 3.8) is 0 Å². The number of aliphatic hydroxyl groups is 1. The van der Waals surface area contributed by atoms with Gasteiger partial charge < -0.3 is 14.3 Å². The van der Waals surface area contributed by atoms with Gasteiger partial charge in [0.25, 0.3) is 8.32 Å². The van der Waals surface area contributed by atoms with Gasteiger partial charge in [0.1, 0.15) is 5.41 Å². The van der Waals surface area contributed by atoms with Crippen LogP contribution in [0.5, 0.6) is 0 Å². The van der Waals surface area contributed by atoms with Gasteiger partial charge in [-0.3, -0.25) is 0 Å². The maximum atomic E-state index is 14.5. The summed E-state index contributed by atoms with van der Waals surface area (Å²) >= 11 is 0. The molecule has 3 aromatic carbocycles. The molecule has 0 aliphatic carbocycles. The van der Waals surface area contributed by atoms with Gasteiger partial charge in [-0.05, 0) is 27.4 Å². The van der Waals surface area contributed by atoms with Crippen molar-refractivity contribution in [1.82, 2.24) is 0 Å². The van der Waals surface area contributed by atoms with E-state index in [9.17, 15) is 18.3 Å². The molecule has 0 fully saturated rings. The van der Waals surface area contributed by atoms with Gasteiger partial charge in [-0.15, -0.1) is 0 Å². The highest BCUT2D eigenvalue weighted by atomic mass is 28.4. The second-order valence-corrected chi connectivity index (χ2v) is 14.5. The molecular formula is C29H35F3O3Si. The Kier molecular flexibility index (Phi) is 9.16. The summed E-state index contributed by atoms with van der Waals surface area (Å²) in [6.45, 7) is 4.34. The van der Waals surface area contributed by atoms with Gasteiger partial charge in [-0.25, -0.2) is 0 Å². The molecule has 1 N–H and O–H groups in total. The van der Waals surface area contributed by atoms with Gasteiger partial charge in [0.2, 0.25) is 0 Å². The first-order chi connectivity index (χ1) is 17.1. The molecule has 1 unspecified atom stereocenters. The quantitative estimate of drug-likeness (QED) is 0.262. The van der Waals surface area contributed by atoms with Crippen LogP contribution in [0.15, 0.2) is 91.0 Å². The number of benzene rings is 3.